The van der Waals surface area contributed by atoms with Gasteiger partial charge in [0.15, 0.2) is 11.0 Å². The Balaban J connectivity index is 1.41. The molecule has 1 saturated heterocycles. The molecule has 1 N–H and O–H groups in total. The molecule has 1 atom stereocenters. The van der Waals surface area contributed by atoms with E-state index in [1.54, 1.807) is 12.1 Å². The van der Waals surface area contributed by atoms with Gasteiger partial charge in [-0.3, -0.25) is 9.36 Å². The Morgan fingerprint density at radius 2 is 1.93 bits per heavy atom. The molecule has 1 aromatic carbocycles. The van der Waals surface area contributed by atoms with Gasteiger partial charge in [0.05, 0.1) is 18.4 Å². The number of carbonyl (C=O) groups excluding carboxylic acids is 1. The first kappa shape index (κ1) is 21.3. The molecule has 1 aliphatic heterocycles. The van der Waals surface area contributed by atoms with Crippen molar-refractivity contribution >= 4 is 17.7 Å². The van der Waals surface area contributed by atoms with E-state index in [1.165, 1.54) is 56.0 Å². The van der Waals surface area contributed by atoms with Crippen molar-refractivity contribution in [1.82, 2.24) is 20.1 Å². The second kappa shape index (κ2) is 10.4. The fraction of sp³-hybridized carbons (Fsp3) is 0.591. The van der Waals surface area contributed by atoms with Crippen molar-refractivity contribution in [1.29, 1.82) is 0 Å². The van der Waals surface area contributed by atoms with Crippen LogP contribution >= 0.6 is 11.8 Å². The van der Waals surface area contributed by atoms with Gasteiger partial charge in [-0.25, -0.2) is 4.39 Å². The minimum absolute atomic E-state index is 0.0283. The van der Waals surface area contributed by atoms with Crippen LogP contribution < -0.4 is 5.32 Å². The van der Waals surface area contributed by atoms with E-state index in [0.29, 0.717) is 29.2 Å². The average molecular weight is 433 g/mol. The molecular formula is C22H29FN4O2S. The zero-order chi connectivity index (χ0) is 20.8. The lowest BCUT2D eigenvalue weighted by atomic mass is 9.89. The Morgan fingerprint density at radius 1 is 1.13 bits per heavy atom. The van der Waals surface area contributed by atoms with E-state index < -0.39 is 0 Å². The molecule has 2 aromatic rings. The lowest BCUT2D eigenvalue weighted by molar-refractivity contribution is -0.118. The minimum Gasteiger partial charge on any atom is -0.376 e. The van der Waals surface area contributed by atoms with Crippen LogP contribution in [0.3, 0.4) is 0 Å². The Labute approximate surface area is 181 Å². The van der Waals surface area contributed by atoms with E-state index in [0.717, 1.165) is 31.6 Å². The van der Waals surface area contributed by atoms with E-state index in [2.05, 4.69) is 15.5 Å². The van der Waals surface area contributed by atoms with Crippen LogP contribution in [-0.2, 0) is 16.1 Å². The molecule has 2 aliphatic rings. The molecule has 1 aliphatic carbocycles. The van der Waals surface area contributed by atoms with Crippen molar-refractivity contribution in [3.8, 4) is 11.4 Å². The third-order valence-corrected chi connectivity index (χ3v) is 6.84. The molecule has 0 spiro atoms. The molecule has 162 valence electrons. The van der Waals surface area contributed by atoms with Crippen LogP contribution in [0.4, 0.5) is 4.39 Å². The largest absolute Gasteiger partial charge is 0.376 e. The zero-order valence-corrected chi connectivity index (χ0v) is 18.0. The predicted molar refractivity (Wildman–Crippen MR) is 115 cm³/mol. The normalized spacial score (nSPS) is 19.8. The van der Waals surface area contributed by atoms with Crippen molar-refractivity contribution in [3.63, 3.8) is 0 Å². The lowest BCUT2D eigenvalue weighted by Gasteiger charge is -2.21. The number of rotatable bonds is 8. The number of nitrogens with one attached hydrogen (secondary N) is 1. The van der Waals surface area contributed by atoms with Gasteiger partial charge in [-0.1, -0.05) is 31.0 Å². The second-order valence-corrected chi connectivity index (χ2v) is 9.10. The molecular weight excluding hydrogens is 403 g/mol. The third kappa shape index (κ3) is 5.60. The smallest absolute Gasteiger partial charge is 0.230 e. The average Bonchev–Trinajstić information content (AvgIpc) is 3.43. The fourth-order valence-electron chi connectivity index (χ4n) is 4.20. The summed E-state index contributed by atoms with van der Waals surface area (Å²) in [6.07, 6.45) is 8.43. The van der Waals surface area contributed by atoms with Crippen LogP contribution in [0.5, 0.6) is 0 Å². The maximum atomic E-state index is 13.3. The van der Waals surface area contributed by atoms with Crippen LogP contribution in [0.25, 0.3) is 11.4 Å². The summed E-state index contributed by atoms with van der Waals surface area (Å²) in [5.74, 6) is 1.34. The molecule has 1 amide bonds. The first-order chi connectivity index (χ1) is 14.7. The highest BCUT2D eigenvalue weighted by molar-refractivity contribution is 7.99. The van der Waals surface area contributed by atoms with E-state index in [-0.39, 0.29) is 17.8 Å². The number of halogens is 1. The first-order valence-corrected chi connectivity index (χ1v) is 11.9. The summed E-state index contributed by atoms with van der Waals surface area (Å²) in [7, 11) is 0. The van der Waals surface area contributed by atoms with Crippen LogP contribution in [0.2, 0.25) is 0 Å². The van der Waals surface area contributed by atoms with Gasteiger partial charge in [-0.05, 0) is 55.9 Å². The third-order valence-electron chi connectivity index (χ3n) is 5.87. The van der Waals surface area contributed by atoms with E-state index >= 15 is 0 Å². The summed E-state index contributed by atoms with van der Waals surface area (Å²) < 4.78 is 21.1. The highest BCUT2D eigenvalue weighted by atomic mass is 32.2. The van der Waals surface area contributed by atoms with Crippen molar-refractivity contribution < 1.29 is 13.9 Å². The zero-order valence-electron chi connectivity index (χ0n) is 17.2. The van der Waals surface area contributed by atoms with Crippen LogP contribution in [-0.4, -0.2) is 45.7 Å². The summed E-state index contributed by atoms with van der Waals surface area (Å²) >= 11 is 1.39. The molecule has 1 unspecified atom stereocenters. The van der Waals surface area contributed by atoms with E-state index in [4.69, 9.17) is 4.74 Å². The highest BCUT2D eigenvalue weighted by Gasteiger charge is 2.22. The van der Waals surface area contributed by atoms with Gasteiger partial charge in [-0.15, -0.1) is 10.2 Å². The number of hydrogen-bond acceptors (Lipinski definition) is 5. The Bertz CT molecular complexity index is 830. The number of amides is 1. The molecule has 6 nitrogen and oxygen atoms in total. The van der Waals surface area contributed by atoms with Crippen molar-refractivity contribution in [2.75, 3.05) is 18.9 Å². The van der Waals surface area contributed by atoms with E-state index in [1.807, 2.05) is 4.57 Å². The number of carbonyl (C=O) groups is 1. The molecule has 0 bridgehead atoms. The van der Waals surface area contributed by atoms with Crippen LogP contribution in [0.15, 0.2) is 29.4 Å². The van der Waals surface area contributed by atoms with Crippen LogP contribution in [0, 0.1) is 11.7 Å². The van der Waals surface area contributed by atoms with Gasteiger partial charge in [0.25, 0.3) is 0 Å². The summed E-state index contributed by atoms with van der Waals surface area (Å²) in [4.78, 5) is 12.4. The summed E-state index contributed by atoms with van der Waals surface area (Å²) in [6.45, 7) is 2.17. The first-order valence-electron chi connectivity index (χ1n) is 10.9. The van der Waals surface area contributed by atoms with Crippen molar-refractivity contribution in [2.24, 2.45) is 5.92 Å². The number of nitrogens with zero attached hydrogens (tertiary/aromatic N) is 3. The quantitative estimate of drug-likeness (QED) is 0.638. The van der Waals surface area contributed by atoms with Crippen LogP contribution in [0.1, 0.15) is 44.9 Å². The fourth-order valence-corrected chi connectivity index (χ4v) is 4.97. The second-order valence-electron chi connectivity index (χ2n) is 8.16. The van der Waals surface area contributed by atoms with Crippen molar-refractivity contribution in [3.05, 3.63) is 30.1 Å². The van der Waals surface area contributed by atoms with Gasteiger partial charge in [0, 0.05) is 18.7 Å². The van der Waals surface area contributed by atoms with Gasteiger partial charge in [-0.2, -0.15) is 0 Å². The standard InChI is InChI=1S/C22H29FN4O2S/c23-18-10-8-17(9-11-18)21-25-26-22(27(21)14-19-7-4-12-29-19)30-15-20(28)24-13-16-5-2-1-3-6-16/h8-11,16,19H,1-7,12-15H2,(H,24,28). The molecule has 1 saturated carbocycles. The molecule has 8 heteroatoms. The predicted octanol–water partition coefficient (Wildman–Crippen LogP) is 4.05. The number of thioether (sulfide) groups is 1. The Morgan fingerprint density at radius 3 is 2.67 bits per heavy atom. The molecule has 2 heterocycles. The maximum absolute atomic E-state index is 13.3. The van der Waals surface area contributed by atoms with Gasteiger partial charge < -0.3 is 10.1 Å². The van der Waals surface area contributed by atoms with Crippen molar-refractivity contribution in [2.45, 2.75) is 62.8 Å². The van der Waals surface area contributed by atoms with Gasteiger partial charge in [0.2, 0.25) is 5.91 Å². The molecule has 0 radical (unpaired) electrons. The maximum Gasteiger partial charge on any atom is 0.230 e. The SMILES string of the molecule is O=C(CSc1nnc(-c2ccc(F)cc2)n1CC1CCCO1)NCC1CCCCC1. The topological polar surface area (TPSA) is 69.0 Å². The Kier molecular flexibility index (Phi) is 7.38. The molecule has 30 heavy (non-hydrogen) atoms. The van der Waals surface area contributed by atoms with Gasteiger partial charge in [0.1, 0.15) is 5.82 Å². The Hall–Kier alpha value is -1.93. The minimum atomic E-state index is -0.284. The molecule has 2 fully saturated rings. The van der Waals surface area contributed by atoms with Gasteiger partial charge >= 0.3 is 0 Å². The number of benzene rings is 1. The lowest BCUT2D eigenvalue weighted by Crippen LogP contribution is -2.31. The molecule has 1 aromatic heterocycles. The number of ether oxygens (including phenoxy) is 1. The summed E-state index contributed by atoms with van der Waals surface area (Å²) in [5, 5.41) is 12.4. The summed E-state index contributed by atoms with van der Waals surface area (Å²) in [6, 6.07) is 6.26. The number of aromatic nitrogens is 3. The summed E-state index contributed by atoms with van der Waals surface area (Å²) in [5.41, 5.74) is 0.801. The van der Waals surface area contributed by atoms with E-state index in [9.17, 15) is 9.18 Å². The monoisotopic (exact) mass is 432 g/mol. The number of hydrogen-bond donors (Lipinski definition) is 1. The highest BCUT2D eigenvalue weighted by Crippen LogP contribution is 2.27. The molecule has 4 rings (SSSR count).